The zero-order valence-corrected chi connectivity index (χ0v) is 13.7. The molecule has 1 aromatic carbocycles. The molecule has 3 rings (SSSR count). The highest BCUT2D eigenvalue weighted by Crippen LogP contribution is 2.32. The van der Waals surface area contributed by atoms with Crippen LogP contribution < -0.4 is 0 Å². The molecule has 0 amide bonds. The van der Waals surface area contributed by atoms with Crippen molar-refractivity contribution in [2.45, 2.75) is 18.1 Å². The van der Waals surface area contributed by atoms with Crippen molar-refractivity contribution >= 4 is 52.1 Å². The van der Waals surface area contributed by atoms with Crippen LogP contribution in [-0.2, 0) is 11.3 Å². The van der Waals surface area contributed by atoms with Crippen LogP contribution in [0.15, 0.2) is 23.4 Å². The summed E-state index contributed by atoms with van der Waals surface area (Å²) in [6.45, 7) is 0.881. The smallest absolute Gasteiger partial charge is 0.313 e. The van der Waals surface area contributed by atoms with Gasteiger partial charge in [-0.25, -0.2) is 4.98 Å². The summed E-state index contributed by atoms with van der Waals surface area (Å²) < 4.78 is 2.13. The summed E-state index contributed by atoms with van der Waals surface area (Å²) >= 11 is 9.45. The Morgan fingerprint density at radius 2 is 2.43 bits per heavy atom. The maximum absolute atomic E-state index is 10.8. The second kappa shape index (κ2) is 6.50. The molecule has 1 aliphatic heterocycles. The highest BCUT2D eigenvalue weighted by Gasteiger charge is 2.21. The van der Waals surface area contributed by atoms with Gasteiger partial charge >= 0.3 is 5.97 Å². The summed E-state index contributed by atoms with van der Waals surface area (Å²) in [6, 6.07) is 5.73. The first-order chi connectivity index (χ1) is 10.1. The number of aliphatic carboxylic acids is 1. The van der Waals surface area contributed by atoms with E-state index < -0.39 is 5.97 Å². The Hall–Kier alpha value is -0.850. The molecule has 112 valence electrons. The molecule has 7 heteroatoms. The van der Waals surface area contributed by atoms with Gasteiger partial charge in [-0.05, 0) is 36.0 Å². The molecule has 1 atom stereocenters. The number of rotatable bonds is 5. The standard InChI is InChI=1S/C14H15ClN2O2S2/c15-10-2-1-3-11-13(10)16-14(21-8-12(18)19)17(11)6-9-4-5-20-7-9/h1-3,9H,4-8H2,(H,18,19). The van der Waals surface area contributed by atoms with E-state index in [4.69, 9.17) is 16.7 Å². The van der Waals surface area contributed by atoms with E-state index in [1.54, 1.807) is 0 Å². The SMILES string of the molecule is O=C(O)CSc1nc2c(Cl)cccc2n1CC1CCSC1. The first-order valence-electron chi connectivity index (χ1n) is 6.72. The lowest BCUT2D eigenvalue weighted by molar-refractivity contribution is -0.133. The van der Waals surface area contributed by atoms with E-state index in [1.165, 1.54) is 23.9 Å². The van der Waals surface area contributed by atoms with Crippen LogP contribution in [0, 0.1) is 5.92 Å². The number of hydrogen-bond donors (Lipinski definition) is 1. The minimum Gasteiger partial charge on any atom is -0.481 e. The van der Waals surface area contributed by atoms with Crippen LogP contribution in [0.3, 0.4) is 0 Å². The van der Waals surface area contributed by atoms with Gasteiger partial charge in [-0.1, -0.05) is 29.4 Å². The van der Waals surface area contributed by atoms with Gasteiger partial charge in [0.1, 0.15) is 5.52 Å². The minimum absolute atomic E-state index is 0.0142. The highest BCUT2D eigenvalue weighted by atomic mass is 35.5. The third kappa shape index (κ3) is 3.33. The van der Waals surface area contributed by atoms with Crippen LogP contribution >= 0.6 is 35.1 Å². The minimum atomic E-state index is -0.832. The molecule has 0 saturated carbocycles. The summed E-state index contributed by atoms with van der Waals surface area (Å²) in [4.78, 5) is 15.4. The number of nitrogens with zero attached hydrogens (tertiary/aromatic N) is 2. The van der Waals surface area contributed by atoms with Crippen molar-refractivity contribution in [2.75, 3.05) is 17.3 Å². The lowest BCUT2D eigenvalue weighted by atomic mass is 10.1. The fraction of sp³-hybridized carbons (Fsp3) is 0.429. The molecule has 1 aliphatic rings. The Labute approximate surface area is 136 Å². The van der Waals surface area contributed by atoms with E-state index in [2.05, 4.69) is 9.55 Å². The summed E-state index contributed by atoms with van der Waals surface area (Å²) in [5, 5.41) is 10.3. The fourth-order valence-electron chi connectivity index (χ4n) is 2.49. The van der Waals surface area contributed by atoms with Crippen LogP contribution in [-0.4, -0.2) is 37.9 Å². The zero-order chi connectivity index (χ0) is 14.8. The predicted octanol–water partition coefficient (Wildman–Crippen LogP) is 3.62. The van der Waals surface area contributed by atoms with Gasteiger partial charge in [-0.3, -0.25) is 4.79 Å². The van der Waals surface area contributed by atoms with E-state index in [0.29, 0.717) is 10.9 Å². The topological polar surface area (TPSA) is 55.1 Å². The van der Waals surface area contributed by atoms with E-state index in [1.807, 2.05) is 30.0 Å². The van der Waals surface area contributed by atoms with Gasteiger partial charge in [0.25, 0.3) is 0 Å². The van der Waals surface area contributed by atoms with Crippen LogP contribution in [0.4, 0.5) is 0 Å². The van der Waals surface area contributed by atoms with E-state index in [0.717, 1.165) is 28.5 Å². The second-order valence-corrected chi connectivity index (χ2v) is 7.52. The molecule has 0 aliphatic carbocycles. The molecule has 1 N–H and O–H groups in total. The fourth-order valence-corrected chi connectivity index (χ4v) is 4.71. The number of fused-ring (bicyclic) bond motifs is 1. The Balaban J connectivity index is 1.97. The number of para-hydroxylation sites is 1. The summed E-state index contributed by atoms with van der Waals surface area (Å²) in [5.41, 5.74) is 1.75. The third-order valence-electron chi connectivity index (χ3n) is 3.48. The number of carboxylic acids is 1. The molecule has 1 fully saturated rings. The quantitative estimate of drug-likeness (QED) is 0.841. The normalized spacial score (nSPS) is 18.4. The summed E-state index contributed by atoms with van der Waals surface area (Å²) in [6.07, 6.45) is 1.20. The number of halogens is 1. The molecular formula is C14H15ClN2O2S2. The van der Waals surface area contributed by atoms with Crippen LogP contribution in [0.25, 0.3) is 11.0 Å². The average molecular weight is 343 g/mol. The molecular weight excluding hydrogens is 328 g/mol. The molecule has 0 bridgehead atoms. The van der Waals surface area contributed by atoms with Crippen molar-refractivity contribution < 1.29 is 9.90 Å². The monoisotopic (exact) mass is 342 g/mol. The Bertz CT molecular complexity index is 668. The molecule has 1 aromatic heterocycles. The number of benzene rings is 1. The number of carboxylic acid groups (broad SMARTS) is 1. The van der Waals surface area contributed by atoms with Crippen LogP contribution in [0.1, 0.15) is 6.42 Å². The van der Waals surface area contributed by atoms with E-state index in [9.17, 15) is 4.79 Å². The highest BCUT2D eigenvalue weighted by molar-refractivity contribution is 7.99. The number of hydrogen-bond acceptors (Lipinski definition) is 4. The molecule has 2 heterocycles. The second-order valence-electron chi connectivity index (χ2n) is 5.02. The van der Waals surface area contributed by atoms with Gasteiger partial charge in [-0.15, -0.1) is 0 Å². The van der Waals surface area contributed by atoms with Gasteiger partial charge in [-0.2, -0.15) is 11.8 Å². The average Bonchev–Trinajstić information content (AvgIpc) is 3.07. The largest absolute Gasteiger partial charge is 0.481 e. The molecule has 1 unspecified atom stereocenters. The van der Waals surface area contributed by atoms with Gasteiger partial charge in [0, 0.05) is 6.54 Å². The van der Waals surface area contributed by atoms with Gasteiger partial charge in [0.15, 0.2) is 5.16 Å². The van der Waals surface area contributed by atoms with Gasteiger partial charge < -0.3 is 9.67 Å². The summed E-state index contributed by atoms with van der Waals surface area (Å²) in [7, 11) is 0. The lowest BCUT2D eigenvalue weighted by Crippen LogP contribution is -2.11. The van der Waals surface area contributed by atoms with Crippen molar-refractivity contribution in [3.8, 4) is 0 Å². The van der Waals surface area contributed by atoms with Gasteiger partial charge in [0.05, 0.1) is 16.3 Å². The Morgan fingerprint density at radius 3 is 3.14 bits per heavy atom. The first-order valence-corrected chi connectivity index (χ1v) is 9.24. The number of thioether (sulfide) groups is 2. The van der Waals surface area contributed by atoms with Crippen molar-refractivity contribution in [3.63, 3.8) is 0 Å². The van der Waals surface area contributed by atoms with E-state index >= 15 is 0 Å². The Morgan fingerprint density at radius 1 is 1.57 bits per heavy atom. The molecule has 0 radical (unpaired) electrons. The van der Waals surface area contributed by atoms with Crippen LogP contribution in [0.5, 0.6) is 0 Å². The van der Waals surface area contributed by atoms with Crippen molar-refractivity contribution in [3.05, 3.63) is 23.2 Å². The third-order valence-corrected chi connectivity index (χ3v) is 5.98. The lowest BCUT2D eigenvalue weighted by Gasteiger charge is -2.13. The zero-order valence-electron chi connectivity index (χ0n) is 11.3. The maximum atomic E-state index is 10.8. The predicted molar refractivity (Wildman–Crippen MR) is 88.5 cm³/mol. The van der Waals surface area contributed by atoms with Gasteiger partial charge in [0.2, 0.25) is 0 Å². The Kier molecular flexibility index (Phi) is 4.66. The number of imidazole rings is 1. The van der Waals surface area contributed by atoms with Crippen molar-refractivity contribution in [2.24, 2.45) is 5.92 Å². The van der Waals surface area contributed by atoms with Crippen molar-refractivity contribution in [1.29, 1.82) is 0 Å². The summed E-state index contributed by atoms with van der Waals surface area (Å²) in [5.74, 6) is 2.16. The first kappa shape index (κ1) is 15.1. The molecule has 21 heavy (non-hydrogen) atoms. The van der Waals surface area contributed by atoms with Crippen molar-refractivity contribution in [1.82, 2.24) is 9.55 Å². The number of aromatic nitrogens is 2. The molecule has 0 spiro atoms. The maximum Gasteiger partial charge on any atom is 0.313 e. The molecule has 1 saturated heterocycles. The van der Waals surface area contributed by atoms with Crippen LogP contribution in [0.2, 0.25) is 5.02 Å². The molecule has 2 aromatic rings. The molecule has 4 nitrogen and oxygen atoms in total. The number of carbonyl (C=O) groups is 1. The van der Waals surface area contributed by atoms with E-state index in [-0.39, 0.29) is 5.75 Å².